The zero-order chi connectivity index (χ0) is 10.3. The second-order valence-electron chi connectivity index (χ2n) is 2.45. The average Bonchev–Trinajstić information content (AvgIpc) is 2.17. The minimum absolute atomic E-state index is 0.0431. The van der Waals surface area contributed by atoms with Crippen molar-refractivity contribution in [2.75, 3.05) is 12.8 Å². The van der Waals surface area contributed by atoms with Gasteiger partial charge in [0, 0.05) is 18.8 Å². The second kappa shape index (κ2) is 6.55. The maximum absolute atomic E-state index is 11.6. The van der Waals surface area contributed by atoms with Crippen molar-refractivity contribution >= 4 is 17.7 Å². The molecule has 0 rings (SSSR count). The Labute approximate surface area is 83.4 Å². The molecule has 0 aliphatic rings. The van der Waals surface area contributed by atoms with E-state index >= 15 is 0 Å². The minimum Gasteiger partial charge on any atom is -0.318 e. The largest absolute Gasteiger partial charge is 0.318 e. The molecule has 0 N–H and O–H groups in total. The van der Waals surface area contributed by atoms with E-state index in [1.807, 2.05) is 26.2 Å². The first-order valence-electron chi connectivity index (χ1n) is 4.06. The van der Waals surface area contributed by atoms with Gasteiger partial charge in [-0.25, -0.2) is 0 Å². The fraction of sp³-hybridized carbons (Fsp3) is 0.556. The number of allylic oxidation sites excluding steroid dienone is 1. The van der Waals surface area contributed by atoms with Crippen molar-refractivity contribution in [1.29, 1.82) is 5.26 Å². The van der Waals surface area contributed by atoms with Crippen molar-refractivity contribution in [3.05, 3.63) is 12.3 Å². The monoisotopic (exact) mass is 198 g/mol. The zero-order valence-corrected chi connectivity index (χ0v) is 8.97. The lowest BCUT2D eigenvalue weighted by Gasteiger charge is -2.18. The molecule has 4 heteroatoms. The number of amides is 1. The van der Waals surface area contributed by atoms with Gasteiger partial charge in [0.2, 0.25) is 5.91 Å². The number of nitrogens with zero attached hydrogens (tertiary/aromatic N) is 2. The lowest BCUT2D eigenvalue weighted by molar-refractivity contribution is -0.127. The van der Waals surface area contributed by atoms with Crippen LogP contribution in [-0.2, 0) is 4.79 Å². The lowest BCUT2D eigenvalue weighted by Crippen LogP contribution is -2.32. The smallest absolute Gasteiger partial charge is 0.239 e. The number of carbonyl (C=O) groups is 1. The van der Waals surface area contributed by atoms with E-state index in [1.165, 1.54) is 24.0 Å². The van der Waals surface area contributed by atoms with E-state index in [0.29, 0.717) is 6.54 Å². The third-order valence-corrected chi connectivity index (χ3v) is 2.56. The van der Waals surface area contributed by atoms with Gasteiger partial charge in [0.15, 0.2) is 0 Å². The van der Waals surface area contributed by atoms with Crippen LogP contribution >= 0.6 is 11.8 Å². The molecule has 3 nitrogen and oxygen atoms in total. The Kier molecular flexibility index (Phi) is 6.07. The summed E-state index contributed by atoms with van der Waals surface area (Å²) in [5.74, 6) is 0.0431. The Morgan fingerprint density at radius 1 is 1.77 bits per heavy atom. The first-order chi connectivity index (χ1) is 6.17. The standard InChI is InChI=1S/C9H14N2OS/c1-4-11(7-5-6-10)9(12)8(2)13-3/h5,7-8H,4H2,1-3H3/b7-5-. The first kappa shape index (κ1) is 12.0. The van der Waals surface area contributed by atoms with Gasteiger partial charge in [-0.2, -0.15) is 17.0 Å². The number of nitriles is 1. The SMILES string of the molecule is CCN(/C=C\C#N)C(=O)C(C)SC. The molecule has 1 amide bonds. The molecule has 0 aliphatic carbocycles. The highest BCUT2D eigenvalue weighted by atomic mass is 32.2. The Hall–Kier alpha value is -0.950. The summed E-state index contributed by atoms with van der Waals surface area (Å²) in [5.41, 5.74) is 0. The third kappa shape index (κ3) is 4.00. The van der Waals surface area contributed by atoms with Crippen LogP contribution in [0, 0.1) is 11.3 Å². The molecule has 0 spiro atoms. The quantitative estimate of drug-likeness (QED) is 0.645. The van der Waals surface area contributed by atoms with Gasteiger partial charge in [-0.3, -0.25) is 4.79 Å². The van der Waals surface area contributed by atoms with Crippen molar-refractivity contribution in [3.8, 4) is 6.07 Å². The summed E-state index contributed by atoms with van der Waals surface area (Å²) in [4.78, 5) is 13.1. The van der Waals surface area contributed by atoms with Crippen LogP contribution in [0.5, 0.6) is 0 Å². The highest BCUT2D eigenvalue weighted by molar-refractivity contribution is 7.99. The highest BCUT2D eigenvalue weighted by Gasteiger charge is 2.15. The van der Waals surface area contributed by atoms with Crippen LogP contribution in [0.3, 0.4) is 0 Å². The van der Waals surface area contributed by atoms with Crippen LogP contribution < -0.4 is 0 Å². The lowest BCUT2D eigenvalue weighted by atomic mass is 10.4. The molecule has 0 bridgehead atoms. The molecule has 0 saturated carbocycles. The molecule has 0 aromatic rings. The predicted octanol–water partition coefficient (Wildman–Crippen LogP) is 1.62. The molecule has 1 atom stereocenters. The molecule has 0 saturated heterocycles. The van der Waals surface area contributed by atoms with Gasteiger partial charge in [0.25, 0.3) is 0 Å². The summed E-state index contributed by atoms with van der Waals surface area (Å²) in [6.45, 7) is 4.34. The van der Waals surface area contributed by atoms with Gasteiger partial charge in [-0.15, -0.1) is 0 Å². The first-order valence-corrected chi connectivity index (χ1v) is 5.35. The van der Waals surface area contributed by atoms with Crippen LogP contribution in [0.15, 0.2) is 12.3 Å². The predicted molar refractivity (Wildman–Crippen MR) is 55.1 cm³/mol. The zero-order valence-electron chi connectivity index (χ0n) is 8.15. The van der Waals surface area contributed by atoms with E-state index in [1.54, 1.807) is 4.90 Å². The molecule has 1 unspecified atom stereocenters. The molecular weight excluding hydrogens is 184 g/mol. The Morgan fingerprint density at radius 3 is 2.77 bits per heavy atom. The fourth-order valence-corrected chi connectivity index (χ4v) is 1.13. The van der Waals surface area contributed by atoms with E-state index in [9.17, 15) is 4.79 Å². The molecule has 0 fully saturated rings. The number of hydrogen-bond acceptors (Lipinski definition) is 3. The van der Waals surface area contributed by atoms with Crippen LogP contribution in [0.1, 0.15) is 13.8 Å². The third-order valence-electron chi connectivity index (χ3n) is 1.65. The van der Waals surface area contributed by atoms with E-state index in [0.717, 1.165) is 0 Å². The summed E-state index contributed by atoms with van der Waals surface area (Å²) in [7, 11) is 0. The average molecular weight is 198 g/mol. The Morgan fingerprint density at radius 2 is 2.38 bits per heavy atom. The summed E-state index contributed by atoms with van der Waals surface area (Å²) >= 11 is 1.50. The maximum atomic E-state index is 11.6. The van der Waals surface area contributed by atoms with Crippen molar-refractivity contribution in [2.45, 2.75) is 19.1 Å². The number of carbonyl (C=O) groups excluding carboxylic acids is 1. The van der Waals surface area contributed by atoms with Crippen LogP contribution in [0.25, 0.3) is 0 Å². The molecule has 0 aromatic heterocycles. The van der Waals surface area contributed by atoms with Crippen LogP contribution in [0.4, 0.5) is 0 Å². The fourth-order valence-electron chi connectivity index (χ4n) is 0.792. The Bertz CT molecular complexity index is 232. The van der Waals surface area contributed by atoms with Crippen LogP contribution in [-0.4, -0.2) is 28.9 Å². The summed E-state index contributed by atoms with van der Waals surface area (Å²) in [6.07, 6.45) is 4.73. The summed E-state index contributed by atoms with van der Waals surface area (Å²) in [5, 5.41) is 8.26. The van der Waals surface area contributed by atoms with E-state index in [2.05, 4.69) is 0 Å². The summed E-state index contributed by atoms with van der Waals surface area (Å²) in [6, 6.07) is 1.86. The molecule has 0 heterocycles. The van der Waals surface area contributed by atoms with E-state index < -0.39 is 0 Å². The second-order valence-corrected chi connectivity index (χ2v) is 3.63. The van der Waals surface area contributed by atoms with Gasteiger partial charge in [0.1, 0.15) is 0 Å². The van der Waals surface area contributed by atoms with E-state index in [4.69, 9.17) is 5.26 Å². The summed E-state index contributed by atoms with van der Waals surface area (Å²) < 4.78 is 0. The van der Waals surface area contributed by atoms with Crippen molar-refractivity contribution in [1.82, 2.24) is 4.90 Å². The molecule has 0 radical (unpaired) electrons. The molecule has 13 heavy (non-hydrogen) atoms. The molecule has 0 aromatic carbocycles. The minimum atomic E-state index is -0.0525. The van der Waals surface area contributed by atoms with Gasteiger partial charge in [-0.05, 0) is 20.1 Å². The molecule has 72 valence electrons. The van der Waals surface area contributed by atoms with Crippen LogP contribution in [0.2, 0.25) is 0 Å². The molecular formula is C9H14N2OS. The number of hydrogen-bond donors (Lipinski definition) is 0. The van der Waals surface area contributed by atoms with Gasteiger partial charge in [0.05, 0.1) is 11.3 Å². The van der Waals surface area contributed by atoms with E-state index in [-0.39, 0.29) is 11.2 Å². The Balaban J connectivity index is 4.33. The highest BCUT2D eigenvalue weighted by Crippen LogP contribution is 2.09. The van der Waals surface area contributed by atoms with Crippen molar-refractivity contribution in [3.63, 3.8) is 0 Å². The maximum Gasteiger partial charge on any atom is 0.239 e. The number of rotatable bonds is 4. The topological polar surface area (TPSA) is 44.1 Å². The van der Waals surface area contributed by atoms with Gasteiger partial charge >= 0.3 is 0 Å². The van der Waals surface area contributed by atoms with Crippen molar-refractivity contribution < 1.29 is 4.79 Å². The number of thioether (sulfide) groups is 1. The van der Waals surface area contributed by atoms with Gasteiger partial charge < -0.3 is 4.90 Å². The normalized spacial score (nSPS) is 12.5. The molecule has 0 aliphatic heterocycles. The van der Waals surface area contributed by atoms with Gasteiger partial charge in [-0.1, -0.05) is 0 Å². The van der Waals surface area contributed by atoms with Crippen molar-refractivity contribution in [2.24, 2.45) is 0 Å².